The Labute approximate surface area is 184 Å². The minimum atomic E-state index is 0.173. The van der Waals surface area contributed by atoms with Crippen molar-refractivity contribution in [2.24, 2.45) is 0 Å². The number of fused-ring (bicyclic) bond motifs is 1. The third kappa shape index (κ3) is 4.42. The lowest BCUT2D eigenvalue weighted by atomic mass is 10.1. The summed E-state index contributed by atoms with van der Waals surface area (Å²) in [4.78, 5) is 20.1. The number of carbonyl (C=O) groups excluding carboxylic acids is 1. The third-order valence-corrected chi connectivity index (χ3v) is 6.47. The van der Waals surface area contributed by atoms with Gasteiger partial charge in [-0.2, -0.15) is 0 Å². The Balaban J connectivity index is 1.28. The van der Waals surface area contributed by atoms with Crippen LogP contribution in [0, 0.1) is 6.92 Å². The van der Waals surface area contributed by atoms with E-state index in [2.05, 4.69) is 51.8 Å². The molecule has 3 heterocycles. The van der Waals surface area contributed by atoms with E-state index in [1.807, 2.05) is 24.0 Å². The summed E-state index contributed by atoms with van der Waals surface area (Å²) in [5, 5.41) is 0.781. The monoisotopic (exact) mass is 426 g/mol. The van der Waals surface area contributed by atoms with Crippen molar-refractivity contribution >= 4 is 29.3 Å². The van der Waals surface area contributed by atoms with Crippen LogP contribution in [0.2, 0.25) is 5.02 Å². The average Bonchev–Trinajstić information content (AvgIpc) is 2.98. The number of anilines is 1. The van der Waals surface area contributed by atoms with Crippen LogP contribution in [0.25, 0.3) is 6.08 Å². The molecule has 0 N–H and O–H groups in total. The molecule has 0 unspecified atom stereocenters. The highest BCUT2D eigenvalue weighted by Gasteiger charge is 2.25. The molecule has 2 aliphatic rings. The van der Waals surface area contributed by atoms with Gasteiger partial charge in [-0.1, -0.05) is 17.7 Å². The van der Waals surface area contributed by atoms with Crippen molar-refractivity contribution < 1.29 is 4.79 Å². The number of aromatic nitrogens is 1. The Morgan fingerprint density at radius 3 is 2.47 bits per heavy atom. The highest BCUT2D eigenvalue weighted by molar-refractivity contribution is 6.30. The maximum atomic E-state index is 13.1. The van der Waals surface area contributed by atoms with Gasteiger partial charge in [-0.05, 0) is 62.7 Å². The lowest BCUT2D eigenvalue weighted by Gasteiger charge is -2.36. The zero-order chi connectivity index (χ0) is 21.1. The molecule has 0 bridgehead atoms. The van der Waals surface area contributed by atoms with E-state index in [9.17, 15) is 4.79 Å². The van der Waals surface area contributed by atoms with Crippen molar-refractivity contribution in [2.45, 2.75) is 26.8 Å². The number of hydrogen-bond donors (Lipinski definition) is 0. The summed E-state index contributed by atoms with van der Waals surface area (Å²) in [5.41, 5.74) is 4.25. The second-order valence-corrected chi connectivity index (χ2v) is 8.61. The van der Waals surface area contributed by atoms with Crippen molar-refractivity contribution in [3.8, 4) is 0 Å². The molecule has 1 saturated heterocycles. The molecule has 0 aliphatic carbocycles. The van der Waals surface area contributed by atoms with Crippen LogP contribution in [0.15, 0.2) is 36.5 Å². The maximum Gasteiger partial charge on any atom is 0.256 e. The molecule has 30 heavy (non-hydrogen) atoms. The molecule has 0 atom stereocenters. The molecule has 0 radical (unpaired) electrons. The van der Waals surface area contributed by atoms with E-state index in [-0.39, 0.29) is 5.91 Å². The van der Waals surface area contributed by atoms with Gasteiger partial charge in [0.15, 0.2) is 0 Å². The Bertz CT molecular complexity index is 910. The van der Waals surface area contributed by atoms with Crippen LogP contribution < -0.4 is 4.90 Å². The zero-order valence-electron chi connectivity index (χ0n) is 18.0. The third-order valence-electron chi connectivity index (χ3n) is 6.22. The fourth-order valence-electron chi connectivity index (χ4n) is 4.52. The van der Waals surface area contributed by atoms with Crippen LogP contribution in [0.4, 0.5) is 5.69 Å². The summed E-state index contributed by atoms with van der Waals surface area (Å²) < 4.78 is 2.17. The van der Waals surface area contributed by atoms with Gasteiger partial charge >= 0.3 is 0 Å². The highest BCUT2D eigenvalue weighted by atomic mass is 35.5. The minimum Gasteiger partial charge on any atom is -0.369 e. The molecule has 5 nitrogen and oxygen atoms in total. The molecule has 4 rings (SSSR count). The van der Waals surface area contributed by atoms with Crippen LogP contribution in [-0.2, 0) is 6.54 Å². The van der Waals surface area contributed by atoms with Gasteiger partial charge in [0.1, 0.15) is 0 Å². The lowest BCUT2D eigenvalue weighted by molar-refractivity contribution is 0.0767. The van der Waals surface area contributed by atoms with Crippen LogP contribution in [0.5, 0.6) is 0 Å². The average molecular weight is 427 g/mol. The molecular formula is C24H31ClN4O. The van der Waals surface area contributed by atoms with Crippen molar-refractivity contribution in [3.63, 3.8) is 0 Å². The Kier molecular flexibility index (Phi) is 6.49. The molecule has 0 saturated carbocycles. The summed E-state index contributed by atoms with van der Waals surface area (Å²) in [6.45, 7) is 11.7. The summed E-state index contributed by atoms with van der Waals surface area (Å²) in [5.74, 6) is 0.173. The number of amides is 1. The quantitative estimate of drug-likeness (QED) is 0.695. The van der Waals surface area contributed by atoms with Gasteiger partial charge in [-0.15, -0.1) is 0 Å². The van der Waals surface area contributed by atoms with Gasteiger partial charge < -0.3 is 14.4 Å². The molecule has 6 heteroatoms. The first-order valence-electron chi connectivity index (χ1n) is 10.9. The number of carbonyl (C=O) groups is 1. The molecule has 0 spiro atoms. The molecule has 1 aromatic heterocycles. The SMILES string of the molecule is CCn1cc(C)c2c1C=CCN(CCCN1CCN(c3ccc(Cl)cc3)CC1)C2=O. The van der Waals surface area contributed by atoms with Crippen LogP contribution in [0.1, 0.15) is 35.0 Å². The maximum absolute atomic E-state index is 13.1. The molecule has 1 fully saturated rings. The molecule has 2 aliphatic heterocycles. The van der Waals surface area contributed by atoms with E-state index in [0.29, 0.717) is 6.54 Å². The number of nitrogens with zero attached hydrogens (tertiary/aromatic N) is 4. The van der Waals surface area contributed by atoms with Crippen LogP contribution in [-0.4, -0.2) is 66.1 Å². The predicted octanol–water partition coefficient (Wildman–Crippen LogP) is 4.15. The second kappa shape index (κ2) is 9.27. The number of rotatable bonds is 6. The number of benzene rings is 1. The largest absolute Gasteiger partial charge is 0.369 e. The van der Waals surface area contributed by atoms with Crippen molar-refractivity contribution in [1.29, 1.82) is 0 Å². The fourth-order valence-corrected chi connectivity index (χ4v) is 4.65. The lowest BCUT2D eigenvalue weighted by Crippen LogP contribution is -2.47. The molecule has 1 amide bonds. The standard InChI is InChI=1S/C24H31ClN4O/c1-3-27-18-19(2)23-22(27)6-4-12-29(24(23)30)13-5-11-26-14-16-28(17-15-26)21-9-7-20(25)8-10-21/h4,6-10,18H,3,5,11-17H2,1-2H3. The van der Waals surface area contributed by atoms with E-state index in [1.165, 1.54) is 5.69 Å². The first kappa shape index (κ1) is 21.0. The summed E-state index contributed by atoms with van der Waals surface area (Å²) in [6.07, 6.45) is 7.33. The molecule has 1 aromatic carbocycles. The van der Waals surface area contributed by atoms with E-state index in [4.69, 9.17) is 11.6 Å². The van der Waals surface area contributed by atoms with E-state index in [0.717, 1.165) is 74.1 Å². The van der Waals surface area contributed by atoms with Crippen molar-refractivity contribution in [2.75, 3.05) is 50.7 Å². The number of piperazine rings is 1. The Morgan fingerprint density at radius 2 is 1.77 bits per heavy atom. The topological polar surface area (TPSA) is 31.7 Å². The van der Waals surface area contributed by atoms with Crippen molar-refractivity contribution in [3.05, 3.63) is 58.4 Å². The summed E-state index contributed by atoms with van der Waals surface area (Å²) in [6, 6.07) is 8.10. The van der Waals surface area contributed by atoms with Crippen LogP contribution >= 0.6 is 11.6 Å². The van der Waals surface area contributed by atoms with Gasteiger partial charge in [0.05, 0.1) is 11.3 Å². The first-order chi connectivity index (χ1) is 14.6. The van der Waals surface area contributed by atoms with Crippen LogP contribution in [0.3, 0.4) is 0 Å². The Morgan fingerprint density at radius 1 is 1.03 bits per heavy atom. The van der Waals surface area contributed by atoms with E-state index < -0.39 is 0 Å². The summed E-state index contributed by atoms with van der Waals surface area (Å²) in [7, 11) is 0. The smallest absolute Gasteiger partial charge is 0.256 e. The zero-order valence-corrected chi connectivity index (χ0v) is 18.7. The number of halogens is 1. The summed E-state index contributed by atoms with van der Waals surface area (Å²) >= 11 is 6.00. The van der Waals surface area contributed by atoms with Gasteiger partial charge in [0, 0.05) is 62.7 Å². The highest BCUT2D eigenvalue weighted by Crippen LogP contribution is 2.24. The fraction of sp³-hybridized carbons (Fsp3) is 0.458. The number of aryl methyl sites for hydroxylation is 2. The van der Waals surface area contributed by atoms with E-state index >= 15 is 0 Å². The normalized spacial score (nSPS) is 17.4. The van der Waals surface area contributed by atoms with Gasteiger partial charge in [-0.3, -0.25) is 9.69 Å². The minimum absolute atomic E-state index is 0.173. The van der Waals surface area contributed by atoms with E-state index in [1.54, 1.807) is 0 Å². The molecule has 160 valence electrons. The predicted molar refractivity (Wildman–Crippen MR) is 125 cm³/mol. The van der Waals surface area contributed by atoms with Gasteiger partial charge in [0.2, 0.25) is 0 Å². The molecule has 2 aromatic rings. The second-order valence-electron chi connectivity index (χ2n) is 8.17. The first-order valence-corrected chi connectivity index (χ1v) is 11.3. The van der Waals surface area contributed by atoms with Gasteiger partial charge in [0.25, 0.3) is 5.91 Å². The number of hydrogen-bond acceptors (Lipinski definition) is 3. The molecular weight excluding hydrogens is 396 g/mol. The van der Waals surface area contributed by atoms with Gasteiger partial charge in [-0.25, -0.2) is 0 Å². The van der Waals surface area contributed by atoms with Crippen molar-refractivity contribution in [1.82, 2.24) is 14.4 Å². The Hall–Kier alpha value is -2.24.